The summed E-state index contributed by atoms with van der Waals surface area (Å²) in [4.78, 5) is 16.8. The predicted octanol–water partition coefficient (Wildman–Crippen LogP) is 6.86. The Balaban J connectivity index is 1.40. The van der Waals surface area contributed by atoms with Crippen LogP contribution in [0.3, 0.4) is 0 Å². The zero-order valence-electron chi connectivity index (χ0n) is 18.9. The van der Waals surface area contributed by atoms with E-state index in [0.717, 1.165) is 23.3 Å². The maximum absolute atomic E-state index is 13.4. The molecule has 3 atom stereocenters. The molecule has 0 spiro atoms. The number of hydrogen-bond donors (Lipinski definition) is 3. The van der Waals surface area contributed by atoms with Gasteiger partial charge >= 0.3 is 0 Å². The van der Waals surface area contributed by atoms with Crippen LogP contribution < -0.4 is 10.6 Å². The van der Waals surface area contributed by atoms with E-state index in [0.29, 0.717) is 17.4 Å². The molecule has 2 aliphatic rings. The Kier molecular flexibility index (Phi) is 4.61. The number of aromatic nitrogens is 1. The third-order valence-corrected chi connectivity index (χ3v) is 7.36. The summed E-state index contributed by atoms with van der Waals surface area (Å²) in [5, 5.41) is 8.15. The number of anilines is 2. The number of H-pyrrole nitrogens is 1. The molecule has 0 bridgehead atoms. The molecule has 0 saturated heterocycles. The van der Waals surface area contributed by atoms with E-state index in [4.69, 9.17) is 0 Å². The van der Waals surface area contributed by atoms with Gasteiger partial charge in [-0.3, -0.25) is 4.79 Å². The number of amides is 1. The number of aromatic amines is 1. The van der Waals surface area contributed by atoms with Gasteiger partial charge in [-0.05, 0) is 72.7 Å². The Morgan fingerprint density at radius 1 is 0.970 bits per heavy atom. The summed E-state index contributed by atoms with van der Waals surface area (Å²) in [6, 6.07) is 20.7. The van der Waals surface area contributed by atoms with Crippen molar-refractivity contribution in [3.63, 3.8) is 0 Å². The molecule has 164 valence electrons. The van der Waals surface area contributed by atoms with Crippen molar-refractivity contribution >= 4 is 28.2 Å². The van der Waals surface area contributed by atoms with Crippen molar-refractivity contribution in [2.24, 2.45) is 5.92 Å². The highest BCUT2D eigenvalue weighted by molar-refractivity contribution is 6.09. The van der Waals surface area contributed by atoms with E-state index in [2.05, 4.69) is 78.1 Å². The zero-order valence-corrected chi connectivity index (χ0v) is 18.9. The van der Waals surface area contributed by atoms with Gasteiger partial charge in [-0.15, -0.1) is 0 Å². The second kappa shape index (κ2) is 7.66. The first-order valence-corrected chi connectivity index (χ1v) is 11.6. The van der Waals surface area contributed by atoms with Crippen LogP contribution in [-0.4, -0.2) is 10.9 Å². The Bertz CT molecular complexity index is 1410. The summed E-state index contributed by atoms with van der Waals surface area (Å²) in [7, 11) is 0. The van der Waals surface area contributed by atoms with Crippen LogP contribution in [0.25, 0.3) is 10.9 Å². The molecule has 33 heavy (non-hydrogen) atoms. The molecule has 1 aliphatic carbocycles. The van der Waals surface area contributed by atoms with Crippen molar-refractivity contribution in [3.05, 3.63) is 107 Å². The van der Waals surface area contributed by atoms with Crippen LogP contribution >= 0.6 is 0 Å². The summed E-state index contributed by atoms with van der Waals surface area (Å²) >= 11 is 0. The Labute approximate surface area is 193 Å². The number of benzene rings is 3. The molecule has 2 heterocycles. The van der Waals surface area contributed by atoms with Crippen molar-refractivity contribution in [2.45, 2.75) is 32.2 Å². The average molecular weight is 434 g/mol. The maximum atomic E-state index is 13.4. The molecule has 1 aliphatic heterocycles. The smallest absolute Gasteiger partial charge is 0.257 e. The molecule has 0 radical (unpaired) electrons. The fourth-order valence-corrected chi connectivity index (χ4v) is 5.49. The first-order chi connectivity index (χ1) is 16.1. The van der Waals surface area contributed by atoms with Gasteiger partial charge in [0.1, 0.15) is 0 Å². The van der Waals surface area contributed by atoms with Crippen molar-refractivity contribution in [3.8, 4) is 0 Å². The van der Waals surface area contributed by atoms with E-state index >= 15 is 0 Å². The normalized spacial score (nSPS) is 20.8. The molecule has 4 heteroatoms. The molecule has 4 nitrogen and oxygen atoms in total. The van der Waals surface area contributed by atoms with Crippen LogP contribution in [0.4, 0.5) is 11.4 Å². The van der Waals surface area contributed by atoms with Crippen LogP contribution in [-0.2, 0) is 0 Å². The monoisotopic (exact) mass is 433 g/mol. The highest BCUT2D eigenvalue weighted by Crippen LogP contribution is 2.51. The van der Waals surface area contributed by atoms with Gasteiger partial charge in [-0.25, -0.2) is 0 Å². The van der Waals surface area contributed by atoms with E-state index in [-0.39, 0.29) is 11.9 Å². The third-order valence-electron chi connectivity index (χ3n) is 7.36. The molecule has 6 rings (SSSR count). The Morgan fingerprint density at radius 3 is 2.73 bits per heavy atom. The van der Waals surface area contributed by atoms with Gasteiger partial charge in [0.25, 0.3) is 5.91 Å². The molecule has 1 amide bonds. The zero-order chi connectivity index (χ0) is 22.5. The molecule has 4 aromatic rings. The van der Waals surface area contributed by atoms with Gasteiger partial charge in [0.15, 0.2) is 0 Å². The van der Waals surface area contributed by atoms with E-state index in [1.165, 1.54) is 27.6 Å². The molecular weight excluding hydrogens is 406 g/mol. The summed E-state index contributed by atoms with van der Waals surface area (Å²) in [5.41, 5.74) is 8.45. The second-order valence-electron chi connectivity index (χ2n) is 9.29. The minimum Gasteiger partial charge on any atom is -0.377 e. The average Bonchev–Trinajstić information content (AvgIpc) is 3.48. The fourth-order valence-electron chi connectivity index (χ4n) is 5.49. The lowest BCUT2D eigenvalue weighted by Crippen LogP contribution is -2.30. The minimum absolute atomic E-state index is 0.0827. The SMILES string of the molecule is Cc1ccc(NC(=O)c2cccc3c2NC(c2c[nH]c4ccccc24)C2CC=CC32)cc1C. The van der Waals surface area contributed by atoms with Gasteiger partial charge < -0.3 is 15.6 Å². The van der Waals surface area contributed by atoms with E-state index in [1.54, 1.807) is 0 Å². The highest BCUT2D eigenvalue weighted by atomic mass is 16.1. The number of nitrogens with one attached hydrogen (secondary N) is 3. The van der Waals surface area contributed by atoms with Gasteiger partial charge in [0.05, 0.1) is 17.3 Å². The summed E-state index contributed by atoms with van der Waals surface area (Å²) in [5.74, 6) is 0.643. The second-order valence-corrected chi connectivity index (χ2v) is 9.29. The van der Waals surface area contributed by atoms with Crippen LogP contribution in [0.15, 0.2) is 79.0 Å². The van der Waals surface area contributed by atoms with Gasteiger partial charge in [-0.1, -0.05) is 48.6 Å². The summed E-state index contributed by atoms with van der Waals surface area (Å²) in [6.45, 7) is 4.14. The first-order valence-electron chi connectivity index (χ1n) is 11.6. The molecule has 0 fully saturated rings. The number of fused-ring (bicyclic) bond motifs is 4. The Morgan fingerprint density at radius 2 is 1.85 bits per heavy atom. The van der Waals surface area contributed by atoms with Crippen molar-refractivity contribution in [2.75, 3.05) is 10.6 Å². The number of allylic oxidation sites excluding steroid dienone is 2. The molecular formula is C29H27N3O. The lowest BCUT2D eigenvalue weighted by atomic mass is 9.76. The molecule has 3 aromatic carbocycles. The van der Waals surface area contributed by atoms with Gasteiger partial charge in [-0.2, -0.15) is 0 Å². The van der Waals surface area contributed by atoms with Gasteiger partial charge in [0.2, 0.25) is 0 Å². The topological polar surface area (TPSA) is 56.9 Å². The van der Waals surface area contributed by atoms with Crippen molar-refractivity contribution < 1.29 is 4.79 Å². The summed E-state index contributed by atoms with van der Waals surface area (Å²) < 4.78 is 0. The number of para-hydroxylation sites is 2. The van der Waals surface area contributed by atoms with Crippen molar-refractivity contribution in [1.82, 2.24) is 4.98 Å². The lowest BCUT2D eigenvalue weighted by molar-refractivity contribution is 0.102. The van der Waals surface area contributed by atoms with E-state index in [9.17, 15) is 4.79 Å². The maximum Gasteiger partial charge on any atom is 0.257 e. The Hall–Kier alpha value is -3.79. The summed E-state index contributed by atoms with van der Waals surface area (Å²) in [6.07, 6.45) is 7.76. The minimum atomic E-state index is -0.0827. The third kappa shape index (κ3) is 3.25. The van der Waals surface area contributed by atoms with E-state index in [1.807, 2.05) is 30.3 Å². The number of rotatable bonds is 3. The molecule has 3 unspecified atom stereocenters. The molecule has 0 saturated carbocycles. The molecule has 1 aromatic heterocycles. The molecule has 3 N–H and O–H groups in total. The number of aryl methyl sites for hydroxylation is 2. The standard InChI is InChI=1S/C29H27N3O/c1-17-13-14-19(15-18(17)2)31-29(33)24-11-6-10-22-20-8-5-9-23(20)28(32-27(22)24)25-16-30-26-12-4-3-7-21(25)26/h3-8,10-16,20,23,28,30,32H,9H2,1-2H3,(H,31,33). The van der Waals surface area contributed by atoms with Crippen LogP contribution in [0.5, 0.6) is 0 Å². The number of carbonyl (C=O) groups excluding carboxylic acids is 1. The quantitative estimate of drug-likeness (QED) is 0.309. The fraction of sp³-hybridized carbons (Fsp3) is 0.207. The van der Waals surface area contributed by atoms with Gasteiger partial charge in [0, 0.05) is 28.7 Å². The van der Waals surface area contributed by atoms with E-state index < -0.39 is 0 Å². The number of hydrogen-bond acceptors (Lipinski definition) is 2. The largest absolute Gasteiger partial charge is 0.377 e. The van der Waals surface area contributed by atoms with Crippen LogP contribution in [0.1, 0.15) is 51.0 Å². The lowest BCUT2D eigenvalue weighted by Gasteiger charge is -2.38. The van der Waals surface area contributed by atoms with Crippen molar-refractivity contribution in [1.29, 1.82) is 0 Å². The predicted molar refractivity (Wildman–Crippen MR) is 135 cm³/mol. The van der Waals surface area contributed by atoms with Crippen LogP contribution in [0.2, 0.25) is 0 Å². The highest BCUT2D eigenvalue weighted by Gasteiger charge is 2.40. The number of carbonyl (C=O) groups is 1. The van der Waals surface area contributed by atoms with Crippen LogP contribution in [0, 0.1) is 19.8 Å². The first kappa shape index (κ1) is 19.9.